The lowest BCUT2D eigenvalue weighted by atomic mass is 10.0. The number of aliphatic hydroxyl groups excluding tert-OH is 1. The number of aliphatic hydroxyl groups is 1. The van der Waals surface area contributed by atoms with E-state index in [1.165, 1.54) is 0 Å². The Hall–Kier alpha value is -2.11. The highest BCUT2D eigenvalue weighted by molar-refractivity contribution is 5.64. The Labute approximate surface area is 114 Å². The van der Waals surface area contributed by atoms with Crippen LogP contribution >= 0.6 is 0 Å². The third-order valence-electron chi connectivity index (χ3n) is 3.06. The van der Waals surface area contributed by atoms with Crippen molar-refractivity contribution in [2.75, 3.05) is 0 Å². The van der Waals surface area contributed by atoms with E-state index in [4.69, 9.17) is 5.26 Å². The average Bonchev–Trinajstić information content (AvgIpc) is 2.40. The summed E-state index contributed by atoms with van der Waals surface area (Å²) in [5, 5.41) is 18.0. The molecule has 0 aliphatic rings. The van der Waals surface area contributed by atoms with Crippen LogP contribution in [0.1, 0.15) is 18.1 Å². The minimum Gasteiger partial charge on any atom is -0.393 e. The Balaban J connectivity index is 2.15. The highest BCUT2D eigenvalue weighted by atomic mass is 16.3. The van der Waals surface area contributed by atoms with E-state index < -0.39 is 0 Å². The monoisotopic (exact) mass is 251 g/mol. The minimum atomic E-state index is -0.309. The third-order valence-corrected chi connectivity index (χ3v) is 3.06. The van der Waals surface area contributed by atoms with Crippen molar-refractivity contribution >= 4 is 0 Å². The quantitative estimate of drug-likeness (QED) is 0.905. The maximum Gasteiger partial charge on any atom is 0.0669 e. The van der Waals surface area contributed by atoms with Gasteiger partial charge in [0, 0.05) is 0 Å². The molecule has 2 rings (SSSR count). The SMILES string of the molecule is CC(O)Cc1ccc(-c2ccc(CC#N)cc2)cc1. The van der Waals surface area contributed by atoms with Crippen LogP contribution in [-0.4, -0.2) is 11.2 Å². The van der Waals surface area contributed by atoms with Gasteiger partial charge in [0.25, 0.3) is 0 Å². The first-order chi connectivity index (χ1) is 9.19. The van der Waals surface area contributed by atoms with Gasteiger partial charge in [0.15, 0.2) is 0 Å². The van der Waals surface area contributed by atoms with Gasteiger partial charge in [-0.1, -0.05) is 48.5 Å². The van der Waals surface area contributed by atoms with Gasteiger partial charge in [0.05, 0.1) is 18.6 Å². The second-order valence-corrected chi connectivity index (χ2v) is 4.78. The molecule has 2 aromatic carbocycles. The maximum absolute atomic E-state index is 9.35. The van der Waals surface area contributed by atoms with Crippen molar-refractivity contribution in [3.8, 4) is 17.2 Å². The summed E-state index contributed by atoms with van der Waals surface area (Å²) < 4.78 is 0. The van der Waals surface area contributed by atoms with E-state index in [-0.39, 0.29) is 6.10 Å². The Kier molecular flexibility index (Phi) is 4.33. The van der Waals surface area contributed by atoms with Crippen LogP contribution in [0.4, 0.5) is 0 Å². The van der Waals surface area contributed by atoms with Crippen molar-refractivity contribution in [2.24, 2.45) is 0 Å². The lowest BCUT2D eigenvalue weighted by Gasteiger charge is -2.07. The van der Waals surface area contributed by atoms with Crippen LogP contribution in [0.15, 0.2) is 48.5 Å². The third kappa shape index (κ3) is 3.67. The zero-order valence-corrected chi connectivity index (χ0v) is 11.0. The van der Waals surface area contributed by atoms with Crippen molar-refractivity contribution in [3.05, 3.63) is 59.7 Å². The number of rotatable bonds is 4. The second kappa shape index (κ2) is 6.17. The van der Waals surface area contributed by atoms with E-state index in [2.05, 4.69) is 18.2 Å². The molecule has 0 aliphatic carbocycles. The summed E-state index contributed by atoms with van der Waals surface area (Å²) in [7, 11) is 0. The van der Waals surface area contributed by atoms with Crippen molar-refractivity contribution < 1.29 is 5.11 Å². The van der Waals surface area contributed by atoms with Gasteiger partial charge < -0.3 is 5.11 Å². The molecule has 0 bridgehead atoms. The summed E-state index contributed by atoms with van der Waals surface area (Å²) >= 11 is 0. The standard InChI is InChI=1S/C17H17NO/c1-13(19)12-15-4-8-17(9-5-15)16-6-2-14(3-7-16)10-11-18/h2-9,13,19H,10,12H2,1H3. The predicted octanol–water partition coefficient (Wildman–Crippen LogP) is 3.34. The number of hydrogen-bond donors (Lipinski definition) is 1. The second-order valence-electron chi connectivity index (χ2n) is 4.78. The summed E-state index contributed by atoms with van der Waals surface area (Å²) in [6.45, 7) is 1.79. The molecule has 0 saturated carbocycles. The fourth-order valence-electron chi connectivity index (χ4n) is 2.08. The van der Waals surface area contributed by atoms with Crippen LogP contribution in [-0.2, 0) is 12.8 Å². The van der Waals surface area contributed by atoms with Gasteiger partial charge in [-0.05, 0) is 35.6 Å². The molecule has 1 atom stereocenters. The predicted molar refractivity (Wildman–Crippen MR) is 76.6 cm³/mol. The molecule has 0 saturated heterocycles. The minimum absolute atomic E-state index is 0.309. The highest BCUT2D eigenvalue weighted by Gasteiger charge is 2.01. The Bertz CT molecular complexity index is 562. The molecule has 96 valence electrons. The van der Waals surface area contributed by atoms with Crippen molar-refractivity contribution in [1.82, 2.24) is 0 Å². The largest absolute Gasteiger partial charge is 0.393 e. The molecule has 19 heavy (non-hydrogen) atoms. The average molecular weight is 251 g/mol. The molecule has 0 aromatic heterocycles. The fourth-order valence-corrected chi connectivity index (χ4v) is 2.08. The number of nitriles is 1. The van der Waals surface area contributed by atoms with Crippen LogP contribution in [0.3, 0.4) is 0 Å². The van der Waals surface area contributed by atoms with Crippen LogP contribution in [0.25, 0.3) is 11.1 Å². The molecule has 2 aromatic rings. The van der Waals surface area contributed by atoms with Gasteiger partial charge in [0.2, 0.25) is 0 Å². The smallest absolute Gasteiger partial charge is 0.0669 e. The van der Waals surface area contributed by atoms with E-state index in [0.29, 0.717) is 12.8 Å². The molecule has 0 radical (unpaired) electrons. The van der Waals surface area contributed by atoms with Gasteiger partial charge >= 0.3 is 0 Å². The van der Waals surface area contributed by atoms with E-state index in [9.17, 15) is 5.11 Å². The van der Waals surface area contributed by atoms with Crippen molar-refractivity contribution in [3.63, 3.8) is 0 Å². The van der Waals surface area contributed by atoms with E-state index in [1.807, 2.05) is 36.4 Å². The fraction of sp³-hybridized carbons (Fsp3) is 0.235. The summed E-state index contributed by atoms with van der Waals surface area (Å²) in [5.74, 6) is 0. The van der Waals surface area contributed by atoms with Gasteiger partial charge in [-0.3, -0.25) is 0 Å². The molecule has 0 amide bonds. The molecule has 0 spiro atoms. The van der Waals surface area contributed by atoms with Gasteiger partial charge in [0.1, 0.15) is 0 Å². The summed E-state index contributed by atoms with van der Waals surface area (Å²) in [6, 6.07) is 18.4. The molecular weight excluding hydrogens is 234 g/mol. The Morgan fingerprint density at radius 2 is 1.42 bits per heavy atom. The van der Waals surface area contributed by atoms with Gasteiger partial charge in [-0.15, -0.1) is 0 Å². The molecule has 2 heteroatoms. The van der Waals surface area contributed by atoms with Crippen LogP contribution in [0.2, 0.25) is 0 Å². The van der Waals surface area contributed by atoms with Crippen molar-refractivity contribution in [2.45, 2.75) is 25.9 Å². The van der Waals surface area contributed by atoms with E-state index >= 15 is 0 Å². The number of nitrogens with zero attached hydrogens (tertiary/aromatic N) is 1. The Morgan fingerprint density at radius 3 is 1.84 bits per heavy atom. The van der Waals surface area contributed by atoms with Crippen LogP contribution in [0, 0.1) is 11.3 Å². The molecule has 0 heterocycles. The first-order valence-corrected chi connectivity index (χ1v) is 6.42. The van der Waals surface area contributed by atoms with Crippen LogP contribution < -0.4 is 0 Å². The molecule has 2 nitrogen and oxygen atoms in total. The first kappa shape index (κ1) is 13.3. The van der Waals surface area contributed by atoms with E-state index in [0.717, 1.165) is 22.3 Å². The molecule has 0 aliphatic heterocycles. The summed E-state index contributed by atoms with van der Waals surface area (Å²) in [5.41, 5.74) is 4.47. The Morgan fingerprint density at radius 1 is 0.947 bits per heavy atom. The number of benzene rings is 2. The summed E-state index contributed by atoms with van der Waals surface area (Å²) in [4.78, 5) is 0. The highest BCUT2D eigenvalue weighted by Crippen LogP contribution is 2.21. The van der Waals surface area contributed by atoms with Gasteiger partial charge in [-0.25, -0.2) is 0 Å². The summed E-state index contributed by atoms with van der Waals surface area (Å²) in [6.07, 6.45) is 0.825. The normalized spacial score (nSPS) is 11.8. The van der Waals surface area contributed by atoms with Gasteiger partial charge in [-0.2, -0.15) is 5.26 Å². The zero-order chi connectivity index (χ0) is 13.7. The number of hydrogen-bond acceptors (Lipinski definition) is 2. The molecule has 1 unspecified atom stereocenters. The lowest BCUT2D eigenvalue weighted by molar-refractivity contribution is 0.195. The molecular formula is C17H17NO. The lowest BCUT2D eigenvalue weighted by Crippen LogP contribution is -2.03. The first-order valence-electron chi connectivity index (χ1n) is 6.42. The van der Waals surface area contributed by atoms with E-state index in [1.54, 1.807) is 6.92 Å². The van der Waals surface area contributed by atoms with Crippen molar-refractivity contribution in [1.29, 1.82) is 5.26 Å². The molecule has 1 N–H and O–H groups in total. The topological polar surface area (TPSA) is 44.0 Å². The van der Waals surface area contributed by atoms with Crippen LogP contribution in [0.5, 0.6) is 0 Å². The zero-order valence-electron chi connectivity index (χ0n) is 11.0. The molecule has 0 fully saturated rings. The maximum atomic E-state index is 9.35.